The molecule has 2 fully saturated rings. The summed E-state index contributed by atoms with van der Waals surface area (Å²) in [6.07, 6.45) is 2.10. The lowest BCUT2D eigenvalue weighted by Gasteiger charge is -2.28. The van der Waals surface area contributed by atoms with Gasteiger partial charge in [0.25, 0.3) is 11.6 Å². The molecule has 11 heteroatoms. The Labute approximate surface area is 183 Å². The fraction of sp³-hybridized carbons (Fsp3) is 0.333. The summed E-state index contributed by atoms with van der Waals surface area (Å²) in [6.45, 7) is 2.17. The van der Waals surface area contributed by atoms with Crippen LogP contribution in [0.3, 0.4) is 0 Å². The number of nitro benzene ring substituents is 1. The Kier molecular flexibility index (Phi) is 5.23. The summed E-state index contributed by atoms with van der Waals surface area (Å²) < 4.78 is 7.12. The van der Waals surface area contributed by atoms with Crippen molar-refractivity contribution in [2.75, 3.05) is 36.5 Å². The molecule has 0 spiro atoms. The van der Waals surface area contributed by atoms with Crippen LogP contribution in [0.4, 0.5) is 17.1 Å². The fourth-order valence-electron chi connectivity index (χ4n) is 3.77. The van der Waals surface area contributed by atoms with Crippen LogP contribution >= 0.6 is 0 Å². The van der Waals surface area contributed by atoms with Crippen molar-refractivity contribution >= 4 is 23.0 Å². The Balaban J connectivity index is 1.37. The van der Waals surface area contributed by atoms with Crippen molar-refractivity contribution in [1.82, 2.24) is 20.2 Å². The molecule has 2 aromatic carbocycles. The zero-order valence-electron chi connectivity index (χ0n) is 17.2. The summed E-state index contributed by atoms with van der Waals surface area (Å²) in [5.74, 6) is 0.217. The summed E-state index contributed by atoms with van der Waals surface area (Å²) in [4.78, 5) is 25.9. The molecule has 1 saturated carbocycles. The zero-order chi connectivity index (χ0) is 22.1. The number of nitro groups is 1. The summed E-state index contributed by atoms with van der Waals surface area (Å²) in [6, 6.07) is 12.1. The molecule has 5 rings (SSSR count). The highest BCUT2D eigenvalue weighted by atomic mass is 16.6. The van der Waals surface area contributed by atoms with Gasteiger partial charge in [-0.25, -0.2) is 4.68 Å². The van der Waals surface area contributed by atoms with Crippen LogP contribution in [-0.4, -0.2) is 57.3 Å². The summed E-state index contributed by atoms with van der Waals surface area (Å²) in [7, 11) is 0. The molecule has 0 atom stereocenters. The van der Waals surface area contributed by atoms with E-state index >= 15 is 0 Å². The molecular weight excluding hydrogens is 414 g/mol. The first-order valence-electron chi connectivity index (χ1n) is 10.4. The average molecular weight is 435 g/mol. The Morgan fingerprint density at radius 1 is 1.16 bits per heavy atom. The van der Waals surface area contributed by atoms with Crippen LogP contribution < -0.4 is 10.2 Å². The second kappa shape index (κ2) is 8.35. The van der Waals surface area contributed by atoms with Gasteiger partial charge in [0.15, 0.2) is 5.82 Å². The van der Waals surface area contributed by atoms with E-state index in [1.807, 2.05) is 11.0 Å². The van der Waals surface area contributed by atoms with Gasteiger partial charge in [-0.15, -0.1) is 5.10 Å². The van der Waals surface area contributed by atoms with Gasteiger partial charge < -0.3 is 15.0 Å². The van der Waals surface area contributed by atoms with Crippen molar-refractivity contribution in [3.05, 3.63) is 58.1 Å². The normalized spacial score (nSPS) is 16.1. The first-order valence-corrected chi connectivity index (χ1v) is 10.4. The van der Waals surface area contributed by atoms with Crippen molar-refractivity contribution in [3.63, 3.8) is 0 Å². The van der Waals surface area contributed by atoms with E-state index < -0.39 is 10.8 Å². The van der Waals surface area contributed by atoms with E-state index in [1.54, 1.807) is 35.0 Å². The number of anilines is 2. The Hall–Kier alpha value is -3.86. The van der Waals surface area contributed by atoms with Gasteiger partial charge in [-0.2, -0.15) is 0 Å². The van der Waals surface area contributed by atoms with E-state index in [4.69, 9.17) is 4.74 Å². The lowest BCUT2D eigenvalue weighted by atomic mass is 10.1. The standard InChI is InChI=1S/C21H21N7O4/c29-21(15-4-7-18(19(13-15)28(30)31)26-8-10-32-11-9-26)22-16-3-1-2-14(12-16)20-23-24-25-27(20)17-5-6-17/h1-4,7,12-13,17H,5-6,8-11H2,(H,22,29). The van der Waals surface area contributed by atoms with Gasteiger partial charge in [0.05, 0.1) is 24.2 Å². The number of tetrazole rings is 1. The van der Waals surface area contributed by atoms with Crippen LogP contribution in [0.5, 0.6) is 0 Å². The highest BCUT2D eigenvalue weighted by Crippen LogP contribution is 2.37. The predicted octanol–water partition coefficient (Wildman–Crippen LogP) is 2.67. The molecule has 2 heterocycles. The van der Waals surface area contributed by atoms with Crippen LogP contribution in [0.2, 0.25) is 0 Å². The topological polar surface area (TPSA) is 128 Å². The number of amides is 1. The number of rotatable bonds is 6. The van der Waals surface area contributed by atoms with E-state index in [-0.39, 0.29) is 11.3 Å². The monoisotopic (exact) mass is 435 g/mol. The molecule has 11 nitrogen and oxygen atoms in total. The summed E-state index contributed by atoms with van der Waals surface area (Å²) >= 11 is 0. The smallest absolute Gasteiger partial charge is 0.293 e. The van der Waals surface area contributed by atoms with Gasteiger partial charge in [-0.1, -0.05) is 12.1 Å². The average Bonchev–Trinajstić information content (AvgIpc) is 3.55. The van der Waals surface area contributed by atoms with Crippen molar-refractivity contribution in [2.24, 2.45) is 0 Å². The van der Waals surface area contributed by atoms with Gasteiger partial charge in [-0.05, 0) is 47.5 Å². The van der Waals surface area contributed by atoms with Gasteiger partial charge in [0.1, 0.15) is 5.69 Å². The van der Waals surface area contributed by atoms with Crippen LogP contribution in [-0.2, 0) is 4.74 Å². The molecule has 2 aliphatic rings. The molecule has 1 aliphatic heterocycles. The molecule has 1 amide bonds. The van der Waals surface area contributed by atoms with E-state index in [0.29, 0.717) is 49.5 Å². The molecular formula is C21H21N7O4. The maximum absolute atomic E-state index is 12.8. The van der Waals surface area contributed by atoms with Crippen molar-refractivity contribution in [2.45, 2.75) is 18.9 Å². The predicted molar refractivity (Wildman–Crippen MR) is 116 cm³/mol. The number of aromatic nitrogens is 4. The highest BCUT2D eigenvalue weighted by molar-refractivity contribution is 6.05. The van der Waals surface area contributed by atoms with Crippen molar-refractivity contribution in [3.8, 4) is 11.4 Å². The molecule has 1 aliphatic carbocycles. The molecule has 1 saturated heterocycles. The minimum absolute atomic E-state index is 0.100. The van der Waals surface area contributed by atoms with E-state index in [0.717, 1.165) is 18.4 Å². The third kappa shape index (κ3) is 4.02. The lowest BCUT2D eigenvalue weighted by Crippen LogP contribution is -2.36. The molecule has 0 bridgehead atoms. The zero-order valence-corrected chi connectivity index (χ0v) is 17.2. The Morgan fingerprint density at radius 2 is 1.97 bits per heavy atom. The molecule has 3 aromatic rings. The minimum atomic E-state index is -0.458. The Morgan fingerprint density at radius 3 is 2.72 bits per heavy atom. The first kappa shape index (κ1) is 20.1. The van der Waals surface area contributed by atoms with Gasteiger partial charge in [0.2, 0.25) is 0 Å². The number of carbonyl (C=O) groups is 1. The fourth-order valence-corrected chi connectivity index (χ4v) is 3.77. The number of ether oxygens (including phenoxy) is 1. The molecule has 164 valence electrons. The van der Waals surface area contributed by atoms with E-state index in [2.05, 4.69) is 20.8 Å². The van der Waals surface area contributed by atoms with Gasteiger partial charge >= 0.3 is 0 Å². The molecule has 1 N–H and O–H groups in total. The maximum Gasteiger partial charge on any atom is 0.293 e. The number of morpholine rings is 1. The highest BCUT2D eigenvalue weighted by Gasteiger charge is 2.28. The van der Waals surface area contributed by atoms with Crippen molar-refractivity contribution < 1.29 is 14.5 Å². The van der Waals surface area contributed by atoms with E-state index in [1.165, 1.54) is 6.07 Å². The third-order valence-corrected chi connectivity index (χ3v) is 5.55. The van der Waals surface area contributed by atoms with E-state index in [9.17, 15) is 14.9 Å². The first-order chi connectivity index (χ1) is 15.6. The van der Waals surface area contributed by atoms with Crippen molar-refractivity contribution in [1.29, 1.82) is 0 Å². The summed E-state index contributed by atoms with van der Waals surface area (Å²) in [5, 5.41) is 26.4. The quantitative estimate of drug-likeness (QED) is 0.462. The SMILES string of the molecule is O=C(Nc1cccc(-c2nnnn2C2CC2)c1)c1ccc(N2CCOCC2)c([N+](=O)[O-])c1. The van der Waals surface area contributed by atoms with Gasteiger partial charge in [-0.3, -0.25) is 14.9 Å². The van der Waals surface area contributed by atoms with Crippen LogP contribution in [0.25, 0.3) is 11.4 Å². The number of hydrogen-bond acceptors (Lipinski definition) is 8. The molecule has 0 radical (unpaired) electrons. The molecule has 32 heavy (non-hydrogen) atoms. The van der Waals surface area contributed by atoms with Crippen LogP contribution in [0, 0.1) is 10.1 Å². The third-order valence-electron chi connectivity index (χ3n) is 5.55. The summed E-state index contributed by atoms with van der Waals surface area (Å²) in [5.41, 5.74) is 1.94. The number of carbonyl (C=O) groups excluding carboxylic acids is 1. The second-order valence-electron chi connectivity index (χ2n) is 7.77. The maximum atomic E-state index is 12.8. The molecule has 1 aromatic heterocycles. The molecule has 0 unspecified atom stereocenters. The minimum Gasteiger partial charge on any atom is -0.378 e. The number of nitrogens with zero attached hydrogens (tertiary/aromatic N) is 6. The number of benzene rings is 2. The van der Waals surface area contributed by atoms with Gasteiger partial charge in [0, 0.05) is 36.0 Å². The second-order valence-corrected chi connectivity index (χ2v) is 7.77. The number of hydrogen-bond donors (Lipinski definition) is 1. The van der Waals surface area contributed by atoms with Crippen LogP contribution in [0.1, 0.15) is 29.2 Å². The Bertz CT molecular complexity index is 1170. The number of nitrogens with one attached hydrogen (secondary N) is 1. The largest absolute Gasteiger partial charge is 0.378 e. The van der Waals surface area contributed by atoms with Crippen LogP contribution in [0.15, 0.2) is 42.5 Å². The lowest BCUT2D eigenvalue weighted by molar-refractivity contribution is -0.384.